The molecule has 0 aliphatic carbocycles. The van der Waals surface area contributed by atoms with Gasteiger partial charge in [0.1, 0.15) is 0 Å². The van der Waals surface area contributed by atoms with Gasteiger partial charge in [0.25, 0.3) is 0 Å². The molecule has 0 aliphatic heterocycles. The molecule has 0 heterocycles. The molecular weight excluding hydrogens is 144 g/mol. The van der Waals surface area contributed by atoms with E-state index in [0.717, 1.165) is 18.4 Å². The van der Waals surface area contributed by atoms with Gasteiger partial charge >= 0.3 is 0 Å². The third-order valence-corrected chi connectivity index (χ3v) is 1.66. The second-order valence-corrected chi connectivity index (χ2v) is 2.92. The first-order valence-corrected chi connectivity index (χ1v) is 4.38. The van der Waals surface area contributed by atoms with Crippen LogP contribution in [-0.2, 0) is 0 Å². The zero-order valence-electron chi connectivity index (χ0n) is 7.72. The summed E-state index contributed by atoms with van der Waals surface area (Å²) < 4.78 is 0. The summed E-state index contributed by atoms with van der Waals surface area (Å²) in [6.45, 7) is 4.23. The fourth-order valence-electron chi connectivity index (χ4n) is 0.926. The Balaban J connectivity index is 2.66. The molecule has 0 heteroatoms. The summed E-state index contributed by atoms with van der Waals surface area (Å²) in [4.78, 5) is 0. The lowest BCUT2D eigenvalue weighted by Gasteiger charge is -1.90. The highest BCUT2D eigenvalue weighted by Gasteiger charge is 1.84. The number of rotatable bonds is 1. The van der Waals surface area contributed by atoms with Gasteiger partial charge in [0, 0.05) is 12.0 Å². The van der Waals surface area contributed by atoms with Gasteiger partial charge in [0.15, 0.2) is 0 Å². The normalized spacial score (nSPS) is 8.83. The van der Waals surface area contributed by atoms with E-state index in [1.165, 1.54) is 5.56 Å². The lowest BCUT2D eigenvalue weighted by Crippen LogP contribution is -1.74. The molecule has 1 rings (SSSR count). The minimum Gasteiger partial charge on any atom is -0.0979 e. The molecule has 0 fully saturated rings. The molecule has 0 N–H and O–H groups in total. The zero-order valence-corrected chi connectivity index (χ0v) is 7.72. The monoisotopic (exact) mass is 158 g/mol. The van der Waals surface area contributed by atoms with Crippen LogP contribution >= 0.6 is 0 Å². The largest absolute Gasteiger partial charge is 0.0979 e. The van der Waals surface area contributed by atoms with Crippen molar-refractivity contribution in [3.05, 3.63) is 35.4 Å². The van der Waals surface area contributed by atoms with E-state index < -0.39 is 0 Å². The van der Waals surface area contributed by atoms with Crippen LogP contribution in [0.3, 0.4) is 0 Å². The Hall–Kier alpha value is -1.22. The van der Waals surface area contributed by atoms with Crippen LogP contribution in [0.2, 0.25) is 0 Å². The summed E-state index contributed by atoms with van der Waals surface area (Å²) in [5, 5.41) is 0. The summed E-state index contributed by atoms with van der Waals surface area (Å²) in [5.74, 6) is 6.24. The maximum atomic E-state index is 3.12. The highest BCUT2D eigenvalue weighted by Crippen LogP contribution is 2.00. The van der Waals surface area contributed by atoms with Gasteiger partial charge in [-0.25, -0.2) is 0 Å². The third-order valence-electron chi connectivity index (χ3n) is 1.66. The van der Waals surface area contributed by atoms with Crippen molar-refractivity contribution in [2.45, 2.75) is 26.7 Å². The Morgan fingerprint density at radius 2 is 1.83 bits per heavy atom. The Labute approximate surface area is 74.6 Å². The third kappa shape index (κ3) is 2.80. The first-order valence-electron chi connectivity index (χ1n) is 4.38. The SMILES string of the molecule is CCCC#Cc1ccc(C)cc1. The number of hydrogen-bond donors (Lipinski definition) is 0. The molecule has 12 heavy (non-hydrogen) atoms. The molecule has 0 nitrogen and oxygen atoms in total. The predicted molar refractivity (Wildman–Crippen MR) is 53.0 cm³/mol. The summed E-state index contributed by atoms with van der Waals surface area (Å²) >= 11 is 0. The first-order chi connectivity index (χ1) is 5.83. The van der Waals surface area contributed by atoms with Gasteiger partial charge in [-0.3, -0.25) is 0 Å². The molecule has 0 unspecified atom stereocenters. The molecule has 0 saturated heterocycles. The Morgan fingerprint density at radius 3 is 2.42 bits per heavy atom. The van der Waals surface area contributed by atoms with Crippen molar-refractivity contribution in [2.75, 3.05) is 0 Å². The summed E-state index contributed by atoms with van der Waals surface area (Å²) in [6, 6.07) is 8.32. The molecule has 0 bridgehead atoms. The maximum absolute atomic E-state index is 3.12. The van der Waals surface area contributed by atoms with Gasteiger partial charge in [-0.15, -0.1) is 0 Å². The van der Waals surface area contributed by atoms with Gasteiger partial charge in [0.2, 0.25) is 0 Å². The van der Waals surface area contributed by atoms with Crippen molar-refractivity contribution in [1.82, 2.24) is 0 Å². The standard InChI is InChI=1S/C12H14/c1-3-4-5-6-12-9-7-11(2)8-10-12/h7-10H,3-4H2,1-2H3. The number of aryl methyl sites for hydroxylation is 1. The lowest BCUT2D eigenvalue weighted by atomic mass is 10.1. The Bertz CT molecular complexity index is 282. The van der Waals surface area contributed by atoms with E-state index in [4.69, 9.17) is 0 Å². The fourth-order valence-corrected chi connectivity index (χ4v) is 0.926. The van der Waals surface area contributed by atoms with E-state index >= 15 is 0 Å². The minimum absolute atomic E-state index is 0.994. The molecule has 0 spiro atoms. The van der Waals surface area contributed by atoms with Gasteiger partial charge in [0.05, 0.1) is 0 Å². The second kappa shape index (κ2) is 4.62. The summed E-state index contributed by atoms with van der Waals surface area (Å²) in [6.07, 6.45) is 2.13. The van der Waals surface area contributed by atoms with E-state index in [-0.39, 0.29) is 0 Å². The minimum atomic E-state index is 0.994. The lowest BCUT2D eigenvalue weighted by molar-refractivity contribution is 0.983. The quantitative estimate of drug-likeness (QED) is 0.551. The van der Waals surface area contributed by atoms with Gasteiger partial charge in [-0.1, -0.05) is 36.5 Å². The molecule has 0 aromatic heterocycles. The fraction of sp³-hybridized carbons (Fsp3) is 0.333. The number of benzene rings is 1. The Kier molecular flexibility index (Phi) is 3.41. The van der Waals surface area contributed by atoms with Crippen molar-refractivity contribution >= 4 is 0 Å². The maximum Gasteiger partial charge on any atom is 0.0245 e. The number of hydrogen-bond acceptors (Lipinski definition) is 0. The van der Waals surface area contributed by atoms with Crippen molar-refractivity contribution in [1.29, 1.82) is 0 Å². The van der Waals surface area contributed by atoms with Crippen LogP contribution in [0.4, 0.5) is 0 Å². The second-order valence-electron chi connectivity index (χ2n) is 2.92. The molecule has 0 radical (unpaired) electrons. The number of unbranched alkanes of at least 4 members (excludes halogenated alkanes) is 1. The van der Waals surface area contributed by atoms with Crippen LogP contribution in [-0.4, -0.2) is 0 Å². The first kappa shape index (κ1) is 8.87. The van der Waals surface area contributed by atoms with Crippen molar-refractivity contribution in [3.63, 3.8) is 0 Å². The van der Waals surface area contributed by atoms with E-state index in [2.05, 4.69) is 50.0 Å². The van der Waals surface area contributed by atoms with Crippen LogP contribution in [0.5, 0.6) is 0 Å². The van der Waals surface area contributed by atoms with E-state index in [1.54, 1.807) is 0 Å². The van der Waals surface area contributed by atoms with Crippen molar-refractivity contribution in [3.8, 4) is 11.8 Å². The van der Waals surface area contributed by atoms with Crippen LogP contribution in [0.15, 0.2) is 24.3 Å². The molecule has 0 amide bonds. The molecule has 1 aromatic carbocycles. The molecule has 0 atom stereocenters. The summed E-state index contributed by atoms with van der Waals surface area (Å²) in [7, 11) is 0. The summed E-state index contributed by atoms with van der Waals surface area (Å²) in [5.41, 5.74) is 2.41. The molecule has 0 aliphatic rings. The van der Waals surface area contributed by atoms with Crippen LogP contribution in [0, 0.1) is 18.8 Å². The van der Waals surface area contributed by atoms with E-state index in [1.807, 2.05) is 0 Å². The van der Waals surface area contributed by atoms with E-state index in [0.29, 0.717) is 0 Å². The molecule has 1 aromatic rings. The van der Waals surface area contributed by atoms with Crippen molar-refractivity contribution in [2.24, 2.45) is 0 Å². The average molecular weight is 158 g/mol. The highest BCUT2D eigenvalue weighted by atomic mass is 13.9. The Morgan fingerprint density at radius 1 is 1.17 bits per heavy atom. The predicted octanol–water partition coefficient (Wildman–Crippen LogP) is 3.15. The van der Waals surface area contributed by atoms with E-state index in [9.17, 15) is 0 Å². The highest BCUT2D eigenvalue weighted by molar-refractivity contribution is 5.35. The van der Waals surface area contributed by atoms with Crippen LogP contribution in [0.25, 0.3) is 0 Å². The van der Waals surface area contributed by atoms with Crippen LogP contribution in [0.1, 0.15) is 30.9 Å². The zero-order chi connectivity index (χ0) is 8.81. The van der Waals surface area contributed by atoms with Crippen LogP contribution < -0.4 is 0 Å². The van der Waals surface area contributed by atoms with Gasteiger partial charge < -0.3 is 0 Å². The smallest absolute Gasteiger partial charge is 0.0245 e. The van der Waals surface area contributed by atoms with Gasteiger partial charge in [-0.05, 0) is 25.5 Å². The molecule has 62 valence electrons. The topological polar surface area (TPSA) is 0 Å². The molecular formula is C12H14. The van der Waals surface area contributed by atoms with Crippen molar-refractivity contribution < 1.29 is 0 Å². The average Bonchev–Trinajstić information content (AvgIpc) is 2.09. The molecule has 0 saturated carbocycles. The van der Waals surface area contributed by atoms with Gasteiger partial charge in [-0.2, -0.15) is 0 Å².